The minimum atomic E-state index is -0.905. The summed E-state index contributed by atoms with van der Waals surface area (Å²) < 4.78 is 11.3. The Morgan fingerprint density at radius 2 is 1.81 bits per heavy atom. The van der Waals surface area contributed by atoms with E-state index in [1.54, 1.807) is 18.2 Å². The second-order valence-electron chi connectivity index (χ2n) is 6.71. The van der Waals surface area contributed by atoms with E-state index in [1.165, 1.54) is 0 Å². The zero-order valence-corrected chi connectivity index (χ0v) is 17.1. The normalized spacial score (nSPS) is 10.4. The Labute approximate surface area is 179 Å². The van der Waals surface area contributed by atoms with E-state index < -0.39 is 5.97 Å². The van der Waals surface area contributed by atoms with Crippen molar-refractivity contribution < 1.29 is 24.3 Å². The SMILES string of the molecule is CO.NCc1cccc(-c2ccc3onc(COc4ccccc4CC(=O)O)c3c2)c1. The average Bonchev–Trinajstić information content (AvgIpc) is 3.22. The van der Waals surface area contributed by atoms with Crippen LogP contribution in [0.5, 0.6) is 5.75 Å². The Morgan fingerprint density at radius 1 is 1.03 bits per heavy atom. The number of carboxylic acids is 1. The molecule has 0 fully saturated rings. The maximum absolute atomic E-state index is 11.1. The van der Waals surface area contributed by atoms with Crippen LogP contribution in [0.3, 0.4) is 0 Å². The number of aromatic nitrogens is 1. The number of hydrogen-bond donors (Lipinski definition) is 3. The monoisotopic (exact) mass is 420 g/mol. The minimum Gasteiger partial charge on any atom is -0.487 e. The Balaban J connectivity index is 0.00000132. The van der Waals surface area contributed by atoms with Crippen LogP contribution in [0.15, 0.2) is 71.3 Å². The van der Waals surface area contributed by atoms with E-state index in [2.05, 4.69) is 11.2 Å². The highest BCUT2D eigenvalue weighted by atomic mass is 16.5. The third kappa shape index (κ3) is 5.28. The molecule has 3 aromatic carbocycles. The molecule has 0 radical (unpaired) electrons. The number of hydrogen-bond acceptors (Lipinski definition) is 6. The van der Waals surface area contributed by atoms with Gasteiger partial charge >= 0.3 is 5.97 Å². The van der Waals surface area contributed by atoms with Crippen molar-refractivity contribution in [3.8, 4) is 16.9 Å². The fourth-order valence-corrected chi connectivity index (χ4v) is 3.25. The highest BCUT2D eigenvalue weighted by Gasteiger charge is 2.13. The molecule has 0 unspecified atom stereocenters. The number of aliphatic carboxylic acids is 1. The first kappa shape index (κ1) is 22.0. The molecule has 7 nitrogen and oxygen atoms in total. The van der Waals surface area contributed by atoms with Gasteiger partial charge in [-0.05, 0) is 41.0 Å². The molecule has 0 spiro atoms. The Morgan fingerprint density at radius 3 is 2.58 bits per heavy atom. The van der Waals surface area contributed by atoms with Gasteiger partial charge < -0.3 is 25.2 Å². The van der Waals surface area contributed by atoms with Gasteiger partial charge in [0.05, 0.1) is 6.42 Å². The van der Waals surface area contributed by atoms with Crippen LogP contribution in [0, 0.1) is 0 Å². The molecule has 1 aromatic heterocycles. The molecule has 0 aliphatic heterocycles. The van der Waals surface area contributed by atoms with E-state index in [-0.39, 0.29) is 13.0 Å². The van der Waals surface area contributed by atoms with Gasteiger partial charge in [-0.1, -0.05) is 47.6 Å². The van der Waals surface area contributed by atoms with Crippen molar-refractivity contribution >= 4 is 16.9 Å². The van der Waals surface area contributed by atoms with Gasteiger partial charge in [0.2, 0.25) is 0 Å². The first-order valence-electron chi connectivity index (χ1n) is 9.69. The number of aliphatic hydroxyl groups is 1. The van der Waals surface area contributed by atoms with Gasteiger partial charge in [0, 0.05) is 24.6 Å². The van der Waals surface area contributed by atoms with Crippen molar-refractivity contribution in [3.63, 3.8) is 0 Å². The van der Waals surface area contributed by atoms with Gasteiger partial charge in [0.25, 0.3) is 0 Å². The fraction of sp³-hybridized carbons (Fsp3) is 0.167. The largest absolute Gasteiger partial charge is 0.487 e. The highest BCUT2D eigenvalue weighted by Crippen LogP contribution is 2.28. The number of para-hydroxylation sites is 1. The second kappa shape index (κ2) is 10.4. The molecule has 1 heterocycles. The summed E-state index contributed by atoms with van der Waals surface area (Å²) in [6, 6.07) is 21.1. The summed E-state index contributed by atoms with van der Waals surface area (Å²) in [4.78, 5) is 11.1. The standard InChI is InChI=1S/C23H20N2O4.CH4O/c24-13-15-4-3-6-16(10-15)17-8-9-22-19(11-17)20(25-29-22)14-28-21-7-2-1-5-18(21)12-23(26)27;1-2/h1-11H,12-14,24H2,(H,26,27);2H,1H3. The molecular formula is C24H24N2O5. The summed E-state index contributed by atoms with van der Waals surface area (Å²) in [5.41, 5.74) is 10.9. The van der Waals surface area contributed by atoms with E-state index in [4.69, 9.17) is 25.2 Å². The van der Waals surface area contributed by atoms with Gasteiger partial charge in [0.1, 0.15) is 18.1 Å². The fourth-order valence-electron chi connectivity index (χ4n) is 3.25. The highest BCUT2D eigenvalue weighted by molar-refractivity contribution is 5.85. The predicted octanol–water partition coefficient (Wildman–Crippen LogP) is 3.77. The summed E-state index contributed by atoms with van der Waals surface area (Å²) in [5.74, 6) is -0.380. The number of ether oxygens (including phenoxy) is 1. The van der Waals surface area contributed by atoms with Gasteiger partial charge in [-0.2, -0.15) is 0 Å². The summed E-state index contributed by atoms with van der Waals surface area (Å²) in [5, 5.41) is 21.1. The van der Waals surface area contributed by atoms with Gasteiger partial charge in [0.15, 0.2) is 5.58 Å². The summed E-state index contributed by atoms with van der Waals surface area (Å²) in [6.07, 6.45) is -0.0998. The van der Waals surface area contributed by atoms with Crippen molar-refractivity contribution in [2.45, 2.75) is 19.6 Å². The molecule has 160 valence electrons. The quantitative estimate of drug-likeness (QED) is 0.416. The predicted molar refractivity (Wildman–Crippen MR) is 118 cm³/mol. The second-order valence-corrected chi connectivity index (χ2v) is 6.71. The van der Waals surface area contributed by atoms with Crippen molar-refractivity contribution in [2.75, 3.05) is 7.11 Å². The number of carbonyl (C=O) groups is 1. The van der Waals surface area contributed by atoms with E-state index >= 15 is 0 Å². The number of fused-ring (bicyclic) bond motifs is 1. The maximum Gasteiger partial charge on any atom is 0.307 e. The zero-order valence-electron chi connectivity index (χ0n) is 17.1. The van der Waals surface area contributed by atoms with Crippen LogP contribution in [-0.2, 0) is 24.4 Å². The van der Waals surface area contributed by atoms with Crippen molar-refractivity contribution in [1.82, 2.24) is 5.16 Å². The first-order chi connectivity index (χ1) is 15.1. The molecule has 0 saturated carbocycles. The van der Waals surface area contributed by atoms with Gasteiger partial charge in [-0.25, -0.2) is 0 Å². The molecule has 0 aliphatic carbocycles. The molecule has 31 heavy (non-hydrogen) atoms. The van der Waals surface area contributed by atoms with Gasteiger partial charge in [-0.3, -0.25) is 4.79 Å². The van der Waals surface area contributed by atoms with Crippen molar-refractivity contribution in [2.24, 2.45) is 5.73 Å². The third-order valence-electron chi connectivity index (χ3n) is 4.72. The van der Waals surface area contributed by atoms with E-state index in [1.807, 2.05) is 42.5 Å². The van der Waals surface area contributed by atoms with Gasteiger partial charge in [-0.15, -0.1) is 0 Å². The first-order valence-corrected chi connectivity index (χ1v) is 9.69. The molecule has 7 heteroatoms. The lowest BCUT2D eigenvalue weighted by molar-refractivity contribution is -0.136. The summed E-state index contributed by atoms with van der Waals surface area (Å²) in [7, 11) is 1.00. The smallest absolute Gasteiger partial charge is 0.307 e. The number of nitrogens with two attached hydrogens (primary N) is 1. The zero-order chi connectivity index (χ0) is 22.2. The van der Waals surface area contributed by atoms with E-state index in [0.717, 1.165) is 29.2 Å². The topological polar surface area (TPSA) is 119 Å². The van der Waals surface area contributed by atoms with Crippen molar-refractivity contribution in [1.29, 1.82) is 0 Å². The molecule has 4 aromatic rings. The van der Waals surface area contributed by atoms with Crippen LogP contribution < -0.4 is 10.5 Å². The number of aliphatic hydroxyl groups excluding tert-OH is 1. The lowest BCUT2D eigenvalue weighted by Gasteiger charge is -2.09. The number of nitrogens with zero attached hydrogens (tertiary/aromatic N) is 1. The molecule has 0 saturated heterocycles. The van der Waals surface area contributed by atoms with Crippen LogP contribution in [0.25, 0.3) is 22.1 Å². The number of benzene rings is 3. The van der Waals surface area contributed by atoms with Crippen molar-refractivity contribution in [3.05, 3.63) is 83.6 Å². The van der Waals surface area contributed by atoms with Crippen LogP contribution in [0.1, 0.15) is 16.8 Å². The summed E-state index contributed by atoms with van der Waals surface area (Å²) >= 11 is 0. The molecule has 0 bridgehead atoms. The van der Waals surface area contributed by atoms with Crippen LogP contribution in [0.4, 0.5) is 0 Å². The summed E-state index contributed by atoms with van der Waals surface area (Å²) in [6.45, 7) is 0.661. The Bertz CT molecular complexity index is 1170. The van der Waals surface area contributed by atoms with E-state index in [9.17, 15) is 4.79 Å². The Kier molecular flexibility index (Phi) is 7.37. The Hall–Kier alpha value is -3.68. The molecular weight excluding hydrogens is 396 g/mol. The van der Waals surface area contributed by atoms with E-state index in [0.29, 0.717) is 29.1 Å². The molecule has 4 N–H and O–H groups in total. The maximum atomic E-state index is 11.1. The number of rotatable bonds is 7. The number of carboxylic acid groups (broad SMARTS) is 1. The third-order valence-corrected chi connectivity index (χ3v) is 4.72. The van der Waals surface area contributed by atoms with Crippen LogP contribution in [-0.4, -0.2) is 28.4 Å². The minimum absolute atomic E-state index is 0.0998. The molecule has 4 rings (SSSR count). The molecule has 0 aliphatic rings. The lowest BCUT2D eigenvalue weighted by Crippen LogP contribution is -2.04. The van der Waals surface area contributed by atoms with Crippen LogP contribution >= 0.6 is 0 Å². The molecule has 0 atom stereocenters. The molecule has 0 amide bonds. The lowest BCUT2D eigenvalue weighted by atomic mass is 10.0. The van der Waals surface area contributed by atoms with Crippen LogP contribution in [0.2, 0.25) is 0 Å². The average molecular weight is 420 g/mol.